The fourth-order valence-corrected chi connectivity index (χ4v) is 2.32. The molecule has 2 nitrogen and oxygen atoms in total. The van der Waals surface area contributed by atoms with Crippen molar-refractivity contribution in [2.75, 3.05) is 6.54 Å². The van der Waals surface area contributed by atoms with Gasteiger partial charge in [0.25, 0.3) is 0 Å². The van der Waals surface area contributed by atoms with E-state index in [9.17, 15) is 0 Å². The SMILES string of the molecule is CC(C)CNCc1ccc(Cl)cc1Oc1ccc(Br)cc1. The van der Waals surface area contributed by atoms with Gasteiger partial charge in [-0.05, 0) is 48.9 Å². The highest BCUT2D eigenvalue weighted by Gasteiger charge is 2.07. The minimum absolute atomic E-state index is 0.619. The molecule has 0 aliphatic heterocycles. The molecule has 112 valence electrons. The lowest BCUT2D eigenvalue weighted by Crippen LogP contribution is -2.19. The Balaban J connectivity index is 2.12. The Hall–Kier alpha value is -1.03. The van der Waals surface area contributed by atoms with Crippen LogP contribution in [0.3, 0.4) is 0 Å². The molecule has 0 aliphatic carbocycles. The summed E-state index contributed by atoms with van der Waals surface area (Å²) in [5.74, 6) is 2.21. The highest BCUT2D eigenvalue weighted by molar-refractivity contribution is 9.10. The van der Waals surface area contributed by atoms with E-state index in [-0.39, 0.29) is 0 Å². The Morgan fingerprint density at radius 2 is 1.86 bits per heavy atom. The lowest BCUT2D eigenvalue weighted by atomic mass is 10.1. The molecule has 0 spiro atoms. The van der Waals surface area contributed by atoms with Gasteiger partial charge in [-0.3, -0.25) is 0 Å². The van der Waals surface area contributed by atoms with Gasteiger partial charge in [-0.15, -0.1) is 0 Å². The zero-order valence-corrected chi connectivity index (χ0v) is 14.5. The average molecular weight is 369 g/mol. The predicted molar refractivity (Wildman–Crippen MR) is 92.2 cm³/mol. The van der Waals surface area contributed by atoms with Gasteiger partial charge in [-0.25, -0.2) is 0 Å². The molecule has 0 saturated heterocycles. The van der Waals surface area contributed by atoms with E-state index in [0.29, 0.717) is 10.9 Å². The topological polar surface area (TPSA) is 21.3 Å². The van der Waals surface area contributed by atoms with Gasteiger partial charge >= 0.3 is 0 Å². The number of hydrogen-bond donors (Lipinski definition) is 1. The number of nitrogens with one attached hydrogen (secondary N) is 1. The molecule has 0 saturated carbocycles. The predicted octanol–water partition coefficient (Wildman–Crippen LogP) is 5.64. The van der Waals surface area contributed by atoms with Crippen LogP contribution < -0.4 is 10.1 Å². The third-order valence-electron chi connectivity index (χ3n) is 2.94. The van der Waals surface area contributed by atoms with E-state index in [1.165, 1.54) is 0 Å². The number of halogens is 2. The second kappa shape index (κ2) is 7.83. The summed E-state index contributed by atoms with van der Waals surface area (Å²) >= 11 is 9.50. The molecule has 21 heavy (non-hydrogen) atoms. The first-order chi connectivity index (χ1) is 10.0. The molecular weight excluding hydrogens is 350 g/mol. The number of ether oxygens (including phenoxy) is 1. The number of rotatable bonds is 6. The Kier molecular flexibility index (Phi) is 6.09. The maximum absolute atomic E-state index is 6.08. The van der Waals surface area contributed by atoms with E-state index in [4.69, 9.17) is 16.3 Å². The van der Waals surface area contributed by atoms with Crippen molar-refractivity contribution in [3.63, 3.8) is 0 Å². The van der Waals surface area contributed by atoms with Crippen LogP contribution in [0.25, 0.3) is 0 Å². The molecule has 0 radical (unpaired) electrons. The molecule has 0 atom stereocenters. The van der Waals surface area contributed by atoms with Gasteiger partial charge in [-0.1, -0.05) is 47.4 Å². The van der Waals surface area contributed by atoms with Crippen LogP contribution in [0.15, 0.2) is 46.9 Å². The zero-order chi connectivity index (χ0) is 15.2. The van der Waals surface area contributed by atoms with E-state index >= 15 is 0 Å². The standard InChI is InChI=1S/C17H19BrClNO/c1-12(2)10-20-11-13-3-6-15(19)9-17(13)21-16-7-4-14(18)5-8-16/h3-9,12,20H,10-11H2,1-2H3. The fourth-order valence-electron chi connectivity index (χ4n) is 1.89. The molecule has 0 aliphatic rings. The molecule has 0 unspecified atom stereocenters. The summed E-state index contributed by atoms with van der Waals surface area (Å²) in [5, 5.41) is 4.10. The summed E-state index contributed by atoms with van der Waals surface area (Å²) in [4.78, 5) is 0. The molecule has 0 amide bonds. The van der Waals surface area contributed by atoms with Gasteiger partial charge in [0.05, 0.1) is 0 Å². The molecule has 2 aromatic carbocycles. The third-order valence-corrected chi connectivity index (χ3v) is 3.70. The van der Waals surface area contributed by atoms with E-state index in [2.05, 4.69) is 35.1 Å². The molecule has 1 N–H and O–H groups in total. The van der Waals surface area contributed by atoms with Crippen LogP contribution >= 0.6 is 27.5 Å². The van der Waals surface area contributed by atoms with E-state index in [0.717, 1.165) is 34.6 Å². The summed E-state index contributed by atoms with van der Waals surface area (Å²) in [6.45, 7) is 6.11. The van der Waals surface area contributed by atoms with Crippen molar-refractivity contribution in [1.82, 2.24) is 5.32 Å². The highest BCUT2D eigenvalue weighted by Crippen LogP contribution is 2.29. The molecule has 2 rings (SSSR count). The third kappa shape index (κ3) is 5.34. The van der Waals surface area contributed by atoms with Gasteiger partial charge in [0, 0.05) is 21.6 Å². The maximum atomic E-state index is 6.08. The van der Waals surface area contributed by atoms with Crippen LogP contribution in [0.2, 0.25) is 5.02 Å². The molecule has 2 aromatic rings. The first kappa shape index (κ1) is 16.3. The van der Waals surface area contributed by atoms with Crippen molar-refractivity contribution < 1.29 is 4.74 Å². The highest BCUT2D eigenvalue weighted by atomic mass is 79.9. The van der Waals surface area contributed by atoms with Crippen molar-refractivity contribution >= 4 is 27.5 Å². The zero-order valence-electron chi connectivity index (χ0n) is 12.2. The van der Waals surface area contributed by atoms with Crippen LogP contribution in [-0.2, 0) is 6.54 Å². The Morgan fingerprint density at radius 1 is 1.14 bits per heavy atom. The monoisotopic (exact) mass is 367 g/mol. The van der Waals surface area contributed by atoms with Gasteiger partial charge in [-0.2, -0.15) is 0 Å². The lowest BCUT2D eigenvalue weighted by molar-refractivity contribution is 0.469. The minimum Gasteiger partial charge on any atom is -0.457 e. The van der Waals surface area contributed by atoms with Crippen LogP contribution in [-0.4, -0.2) is 6.54 Å². The van der Waals surface area contributed by atoms with Crippen LogP contribution in [0.1, 0.15) is 19.4 Å². The second-order valence-corrected chi connectivity index (χ2v) is 6.68. The summed E-state index contributed by atoms with van der Waals surface area (Å²) < 4.78 is 6.99. The average Bonchev–Trinajstić information content (AvgIpc) is 2.43. The maximum Gasteiger partial charge on any atom is 0.133 e. The summed E-state index contributed by atoms with van der Waals surface area (Å²) in [7, 11) is 0. The van der Waals surface area contributed by atoms with Crippen LogP contribution in [0.4, 0.5) is 0 Å². The van der Waals surface area contributed by atoms with E-state index < -0.39 is 0 Å². The first-order valence-electron chi connectivity index (χ1n) is 6.97. The number of hydrogen-bond acceptors (Lipinski definition) is 2. The van der Waals surface area contributed by atoms with Gasteiger partial charge in [0.15, 0.2) is 0 Å². The fraction of sp³-hybridized carbons (Fsp3) is 0.294. The lowest BCUT2D eigenvalue weighted by Gasteiger charge is -2.13. The second-order valence-electron chi connectivity index (χ2n) is 5.33. The molecule has 0 bridgehead atoms. The van der Waals surface area contributed by atoms with Gasteiger partial charge < -0.3 is 10.1 Å². The Labute approximate surface area is 139 Å². The van der Waals surface area contributed by atoms with Crippen molar-refractivity contribution in [3.05, 3.63) is 57.5 Å². The Morgan fingerprint density at radius 3 is 2.52 bits per heavy atom. The van der Waals surface area contributed by atoms with Gasteiger partial charge in [0.2, 0.25) is 0 Å². The smallest absolute Gasteiger partial charge is 0.133 e. The van der Waals surface area contributed by atoms with Crippen molar-refractivity contribution in [1.29, 1.82) is 0 Å². The Bertz CT molecular complexity index is 584. The van der Waals surface area contributed by atoms with Crippen molar-refractivity contribution in [2.45, 2.75) is 20.4 Å². The number of benzene rings is 2. The largest absolute Gasteiger partial charge is 0.457 e. The molecule has 4 heteroatoms. The molecule has 0 fully saturated rings. The first-order valence-corrected chi connectivity index (χ1v) is 8.14. The van der Waals surface area contributed by atoms with E-state index in [1.54, 1.807) is 0 Å². The quantitative estimate of drug-likeness (QED) is 0.712. The summed E-state index contributed by atoms with van der Waals surface area (Å²) in [6, 6.07) is 13.5. The minimum atomic E-state index is 0.619. The van der Waals surface area contributed by atoms with Gasteiger partial charge in [0.1, 0.15) is 11.5 Å². The van der Waals surface area contributed by atoms with Crippen LogP contribution in [0.5, 0.6) is 11.5 Å². The normalized spacial score (nSPS) is 10.9. The van der Waals surface area contributed by atoms with Crippen molar-refractivity contribution in [2.24, 2.45) is 5.92 Å². The molecule has 0 heterocycles. The summed E-state index contributed by atoms with van der Waals surface area (Å²) in [6.07, 6.45) is 0. The summed E-state index contributed by atoms with van der Waals surface area (Å²) in [5.41, 5.74) is 1.10. The van der Waals surface area contributed by atoms with Crippen molar-refractivity contribution in [3.8, 4) is 11.5 Å². The van der Waals surface area contributed by atoms with Crippen LogP contribution in [0, 0.1) is 5.92 Å². The molecule has 0 aromatic heterocycles. The molecular formula is C17H19BrClNO. The van der Waals surface area contributed by atoms with E-state index in [1.807, 2.05) is 42.5 Å².